The lowest BCUT2D eigenvalue weighted by Gasteiger charge is -2.10. The Labute approximate surface area is 133 Å². The van der Waals surface area contributed by atoms with E-state index in [9.17, 15) is 12.8 Å². The SMILES string of the molecule is O=S(=O)(Nc1ccc(F)cc1Br)c1ccc(Cl)nc1Cl. The van der Waals surface area contributed by atoms with Gasteiger partial charge in [0.25, 0.3) is 10.0 Å². The van der Waals surface area contributed by atoms with Gasteiger partial charge < -0.3 is 0 Å². The number of sulfonamides is 1. The summed E-state index contributed by atoms with van der Waals surface area (Å²) >= 11 is 14.4. The second-order valence-corrected chi connectivity index (χ2v) is 6.90. The summed E-state index contributed by atoms with van der Waals surface area (Å²) in [5.74, 6) is -0.494. The van der Waals surface area contributed by atoms with Crippen molar-refractivity contribution in [3.63, 3.8) is 0 Å². The molecule has 1 heterocycles. The van der Waals surface area contributed by atoms with Gasteiger partial charge in [0.2, 0.25) is 0 Å². The van der Waals surface area contributed by atoms with Gasteiger partial charge in [0.05, 0.1) is 5.69 Å². The highest BCUT2D eigenvalue weighted by Crippen LogP contribution is 2.28. The average molecular weight is 400 g/mol. The van der Waals surface area contributed by atoms with Gasteiger partial charge in [0.15, 0.2) is 5.15 Å². The van der Waals surface area contributed by atoms with E-state index < -0.39 is 15.8 Å². The number of halogens is 4. The van der Waals surface area contributed by atoms with Crippen LogP contribution in [0.25, 0.3) is 0 Å². The molecule has 20 heavy (non-hydrogen) atoms. The Bertz CT molecular complexity index is 771. The quantitative estimate of drug-likeness (QED) is 0.790. The van der Waals surface area contributed by atoms with E-state index >= 15 is 0 Å². The maximum Gasteiger partial charge on any atom is 0.265 e. The molecule has 0 aliphatic carbocycles. The number of benzene rings is 1. The molecule has 2 rings (SSSR count). The van der Waals surface area contributed by atoms with Crippen LogP contribution in [-0.4, -0.2) is 13.4 Å². The summed E-state index contributed by atoms with van der Waals surface area (Å²) in [6, 6.07) is 6.09. The van der Waals surface area contributed by atoms with Gasteiger partial charge in [-0.3, -0.25) is 4.72 Å². The minimum atomic E-state index is -3.95. The minimum absolute atomic E-state index is 0.0805. The zero-order valence-electron chi connectivity index (χ0n) is 9.57. The zero-order chi connectivity index (χ0) is 14.9. The lowest BCUT2D eigenvalue weighted by Crippen LogP contribution is -2.14. The monoisotopic (exact) mass is 398 g/mol. The van der Waals surface area contributed by atoms with E-state index in [2.05, 4.69) is 25.6 Å². The minimum Gasteiger partial charge on any atom is -0.278 e. The Balaban J connectivity index is 2.41. The number of pyridine rings is 1. The molecule has 0 saturated carbocycles. The Hall–Kier alpha value is -0.890. The molecule has 9 heteroatoms. The first-order valence-electron chi connectivity index (χ1n) is 5.09. The lowest BCUT2D eigenvalue weighted by molar-refractivity contribution is 0.600. The number of rotatable bonds is 3. The molecule has 0 aliphatic rings. The van der Waals surface area contributed by atoms with Crippen LogP contribution in [0.2, 0.25) is 10.3 Å². The summed E-state index contributed by atoms with van der Waals surface area (Å²) in [5, 5.41) is -0.167. The van der Waals surface area contributed by atoms with E-state index in [1.165, 1.54) is 18.2 Å². The van der Waals surface area contributed by atoms with Crippen LogP contribution in [0.15, 0.2) is 39.7 Å². The molecule has 0 unspecified atom stereocenters. The number of hydrogen-bond donors (Lipinski definition) is 1. The Kier molecular flexibility index (Phi) is 4.53. The first-order valence-corrected chi connectivity index (χ1v) is 8.13. The molecule has 4 nitrogen and oxygen atoms in total. The van der Waals surface area contributed by atoms with Crippen molar-refractivity contribution in [2.24, 2.45) is 0 Å². The molecule has 0 saturated heterocycles. The normalized spacial score (nSPS) is 11.4. The van der Waals surface area contributed by atoms with Crippen LogP contribution in [0.3, 0.4) is 0 Å². The summed E-state index contributed by atoms with van der Waals surface area (Å²) < 4.78 is 39.9. The van der Waals surface area contributed by atoms with Gasteiger partial charge >= 0.3 is 0 Å². The maximum absolute atomic E-state index is 13.0. The highest BCUT2D eigenvalue weighted by Gasteiger charge is 2.20. The highest BCUT2D eigenvalue weighted by atomic mass is 79.9. The van der Waals surface area contributed by atoms with Crippen molar-refractivity contribution in [3.05, 3.63) is 50.9 Å². The molecule has 2 aromatic rings. The van der Waals surface area contributed by atoms with Crippen LogP contribution in [0.1, 0.15) is 0 Å². The van der Waals surface area contributed by atoms with Crippen molar-refractivity contribution in [1.29, 1.82) is 0 Å². The summed E-state index contributed by atoms with van der Waals surface area (Å²) in [6.07, 6.45) is 0. The van der Waals surface area contributed by atoms with Crippen LogP contribution in [-0.2, 0) is 10.0 Å². The molecule has 106 valence electrons. The van der Waals surface area contributed by atoms with Gasteiger partial charge in [-0.2, -0.15) is 0 Å². The molecule has 0 aliphatic heterocycles. The fourth-order valence-corrected chi connectivity index (χ4v) is 3.69. The van der Waals surface area contributed by atoms with E-state index in [1.54, 1.807) is 0 Å². The summed E-state index contributed by atoms with van der Waals surface area (Å²) in [7, 11) is -3.95. The average Bonchev–Trinajstić information content (AvgIpc) is 2.32. The number of nitrogens with one attached hydrogen (secondary N) is 1. The van der Waals surface area contributed by atoms with Crippen LogP contribution in [0.4, 0.5) is 10.1 Å². The van der Waals surface area contributed by atoms with Gasteiger partial charge in [-0.25, -0.2) is 17.8 Å². The second-order valence-electron chi connectivity index (χ2n) is 3.65. The molecule has 1 aromatic carbocycles. The molecule has 1 N–H and O–H groups in total. The standard InChI is InChI=1S/C11H6BrCl2FN2O2S/c12-7-5-6(15)1-2-8(7)17-20(18,19)9-3-4-10(13)16-11(9)14/h1-5,17H. The van der Waals surface area contributed by atoms with E-state index in [4.69, 9.17) is 23.2 Å². The number of anilines is 1. The van der Waals surface area contributed by atoms with Gasteiger partial charge in [-0.05, 0) is 46.3 Å². The van der Waals surface area contributed by atoms with Crippen molar-refractivity contribution in [3.8, 4) is 0 Å². The topological polar surface area (TPSA) is 59.1 Å². The zero-order valence-corrected chi connectivity index (χ0v) is 13.5. The van der Waals surface area contributed by atoms with Crippen molar-refractivity contribution in [2.75, 3.05) is 4.72 Å². The van der Waals surface area contributed by atoms with Crippen molar-refractivity contribution < 1.29 is 12.8 Å². The van der Waals surface area contributed by atoms with Gasteiger partial charge in [0.1, 0.15) is 15.9 Å². The predicted molar refractivity (Wildman–Crippen MR) is 79.2 cm³/mol. The molecule has 0 fully saturated rings. The molecule has 1 aromatic heterocycles. The van der Waals surface area contributed by atoms with E-state index in [0.717, 1.165) is 12.1 Å². The van der Waals surface area contributed by atoms with E-state index in [-0.39, 0.29) is 25.4 Å². The molecular formula is C11H6BrCl2FN2O2S. The smallest absolute Gasteiger partial charge is 0.265 e. The van der Waals surface area contributed by atoms with Gasteiger partial charge in [0, 0.05) is 4.47 Å². The third-order valence-electron chi connectivity index (χ3n) is 2.25. The fourth-order valence-electron chi connectivity index (χ4n) is 1.37. The molecule has 0 bridgehead atoms. The van der Waals surface area contributed by atoms with Crippen molar-refractivity contribution >= 4 is 54.8 Å². The van der Waals surface area contributed by atoms with E-state index in [0.29, 0.717) is 0 Å². The fraction of sp³-hybridized carbons (Fsp3) is 0. The van der Waals surface area contributed by atoms with Crippen LogP contribution < -0.4 is 4.72 Å². The Morgan fingerprint density at radius 1 is 1.20 bits per heavy atom. The summed E-state index contributed by atoms with van der Waals surface area (Å²) in [5.41, 5.74) is 0.178. The Morgan fingerprint density at radius 2 is 1.90 bits per heavy atom. The van der Waals surface area contributed by atoms with Gasteiger partial charge in [-0.15, -0.1) is 0 Å². The largest absolute Gasteiger partial charge is 0.278 e. The van der Waals surface area contributed by atoms with Crippen LogP contribution in [0.5, 0.6) is 0 Å². The van der Waals surface area contributed by atoms with Gasteiger partial charge in [-0.1, -0.05) is 23.2 Å². The first kappa shape index (κ1) is 15.5. The first-order chi connectivity index (χ1) is 9.29. The predicted octanol–water partition coefficient (Wildman–Crippen LogP) is 4.09. The second kappa shape index (κ2) is 5.85. The highest BCUT2D eigenvalue weighted by molar-refractivity contribution is 9.10. The molecular weight excluding hydrogens is 394 g/mol. The maximum atomic E-state index is 13.0. The summed E-state index contributed by atoms with van der Waals surface area (Å²) in [6.45, 7) is 0. The Morgan fingerprint density at radius 3 is 2.50 bits per heavy atom. The molecule has 0 spiro atoms. The summed E-state index contributed by atoms with van der Waals surface area (Å²) in [4.78, 5) is 3.44. The molecule has 0 radical (unpaired) electrons. The number of aromatic nitrogens is 1. The van der Waals surface area contributed by atoms with Crippen LogP contribution in [0, 0.1) is 5.82 Å². The van der Waals surface area contributed by atoms with Crippen LogP contribution >= 0.6 is 39.1 Å². The molecule has 0 amide bonds. The van der Waals surface area contributed by atoms with Crippen molar-refractivity contribution in [1.82, 2.24) is 4.98 Å². The van der Waals surface area contributed by atoms with E-state index in [1.807, 2.05) is 0 Å². The third kappa shape index (κ3) is 3.41. The molecule has 0 atom stereocenters. The number of nitrogens with zero attached hydrogens (tertiary/aromatic N) is 1. The van der Waals surface area contributed by atoms with Crippen molar-refractivity contribution in [2.45, 2.75) is 4.90 Å². The number of hydrogen-bond acceptors (Lipinski definition) is 3. The lowest BCUT2D eigenvalue weighted by atomic mass is 10.3. The third-order valence-corrected chi connectivity index (χ3v) is 4.91.